The molecule has 0 heterocycles. The Morgan fingerprint density at radius 3 is 2.12 bits per heavy atom. The van der Waals surface area contributed by atoms with Gasteiger partial charge in [-0.2, -0.15) is 0 Å². The minimum absolute atomic E-state index is 0.136. The van der Waals surface area contributed by atoms with E-state index >= 15 is 0 Å². The van der Waals surface area contributed by atoms with Crippen molar-refractivity contribution in [1.29, 1.82) is 0 Å². The summed E-state index contributed by atoms with van der Waals surface area (Å²) in [5, 5.41) is 0. The zero-order chi connectivity index (χ0) is 18.6. The number of nitrogens with zero attached hydrogens (tertiary/aromatic N) is 1. The van der Waals surface area contributed by atoms with E-state index in [0.717, 1.165) is 20.3 Å². The number of rotatable bonds is 6. The molecular weight excluding hydrogens is 358 g/mol. The molecule has 134 valence electrons. The minimum Gasteiger partial charge on any atom is -0.468 e. The van der Waals surface area contributed by atoms with E-state index in [4.69, 9.17) is 4.74 Å². The van der Waals surface area contributed by atoms with Gasteiger partial charge in [0.05, 0.1) is 17.7 Å². The Hall–Kier alpha value is -1.99. The second kappa shape index (κ2) is 7.93. The summed E-state index contributed by atoms with van der Waals surface area (Å²) >= 11 is 1.53. The molecule has 0 aliphatic carbocycles. The van der Waals surface area contributed by atoms with E-state index in [1.807, 2.05) is 38.3 Å². The van der Waals surface area contributed by atoms with Gasteiger partial charge in [-0.1, -0.05) is 18.2 Å². The van der Waals surface area contributed by atoms with Gasteiger partial charge in [-0.15, -0.1) is 11.8 Å². The molecule has 0 spiro atoms. The molecule has 2 rings (SSSR count). The lowest BCUT2D eigenvalue weighted by Gasteiger charge is -2.26. The monoisotopic (exact) mass is 379 g/mol. The van der Waals surface area contributed by atoms with Crippen molar-refractivity contribution in [2.24, 2.45) is 0 Å². The Morgan fingerprint density at radius 2 is 1.64 bits per heavy atom. The Bertz CT molecular complexity index is 841. The molecule has 0 fully saturated rings. The predicted octanol–water partition coefficient (Wildman–Crippen LogP) is 3.39. The molecule has 0 radical (unpaired) electrons. The zero-order valence-electron chi connectivity index (χ0n) is 14.6. The van der Waals surface area contributed by atoms with Crippen LogP contribution in [0.5, 0.6) is 0 Å². The van der Waals surface area contributed by atoms with Gasteiger partial charge in [-0.3, -0.25) is 9.10 Å². The quantitative estimate of drug-likeness (QED) is 0.569. The highest BCUT2D eigenvalue weighted by Crippen LogP contribution is 2.30. The van der Waals surface area contributed by atoms with Gasteiger partial charge in [0, 0.05) is 4.90 Å². The van der Waals surface area contributed by atoms with Gasteiger partial charge >= 0.3 is 5.97 Å². The van der Waals surface area contributed by atoms with Gasteiger partial charge in [-0.05, 0) is 55.5 Å². The van der Waals surface area contributed by atoms with Crippen molar-refractivity contribution in [2.45, 2.75) is 23.6 Å². The first-order valence-electron chi connectivity index (χ1n) is 7.61. The number of ether oxygens (including phenoxy) is 1. The number of benzene rings is 2. The number of carbonyl (C=O) groups excluding carboxylic acids is 1. The first-order chi connectivity index (χ1) is 11.8. The average molecular weight is 380 g/mol. The SMILES string of the molecule is COC(=O)CN(c1c(C)cccc1C)S(=O)(=O)c1ccc(SC)cc1. The first kappa shape index (κ1) is 19.3. The van der Waals surface area contributed by atoms with Crippen LogP contribution in [0.4, 0.5) is 5.69 Å². The molecule has 0 atom stereocenters. The lowest BCUT2D eigenvalue weighted by Crippen LogP contribution is -2.37. The third-order valence-electron chi connectivity index (χ3n) is 3.84. The molecular formula is C18H21NO4S2. The van der Waals surface area contributed by atoms with Crippen molar-refractivity contribution in [3.8, 4) is 0 Å². The number of aryl methyl sites for hydroxylation is 2. The smallest absolute Gasteiger partial charge is 0.326 e. The first-order valence-corrected chi connectivity index (χ1v) is 10.3. The van der Waals surface area contributed by atoms with Crippen molar-refractivity contribution in [3.63, 3.8) is 0 Å². The molecule has 5 nitrogen and oxygen atoms in total. The summed E-state index contributed by atoms with van der Waals surface area (Å²) in [5.41, 5.74) is 2.04. The number of esters is 1. The number of carbonyl (C=O) groups is 1. The third-order valence-corrected chi connectivity index (χ3v) is 6.34. The van der Waals surface area contributed by atoms with E-state index in [1.54, 1.807) is 24.3 Å². The number of anilines is 1. The van der Waals surface area contributed by atoms with Crippen LogP contribution >= 0.6 is 11.8 Å². The Labute approximate surface area is 153 Å². The summed E-state index contributed by atoms with van der Waals surface area (Å²) in [4.78, 5) is 13.0. The highest BCUT2D eigenvalue weighted by Gasteiger charge is 2.29. The number of methoxy groups -OCH3 is 1. The van der Waals surface area contributed by atoms with Gasteiger partial charge in [0.15, 0.2) is 0 Å². The molecule has 2 aromatic carbocycles. The topological polar surface area (TPSA) is 63.7 Å². The van der Waals surface area contributed by atoms with E-state index in [0.29, 0.717) is 5.69 Å². The molecule has 0 saturated heterocycles. The van der Waals surface area contributed by atoms with Crippen LogP contribution in [0.1, 0.15) is 11.1 Å². The molecule has 0 N–H and O–H groups in total. The fourth-order valence-corrected chi connectivity index (χ4v) is 4.49. The van der Waals surface area contributed by atoms with Gasteiger partial charge in [0.2, 0.25) is 0 Å². The van der Waals surface area contributed by atoms with Crippen molar-refractivity contribution >= 4 is 33.4 Å². The summed E-state index contributed by atoms with van der Waals surface area (Å²) in [6.45, 7) is 3.26. The van der Waals surface area contributed by atoms with E-state index in [2.05, 4.69) is 0 Å². The maximum Gasteiger partial charge on any atom is 0.326 e. The largest absolute Gasteiger partial charge is 0.468 e. The zero-order valence-corrected chi connectivity index (χ0v) is 16.3. The summed E-state index contributed by atoms with van der Waals surface area (Å²) in [7, 11) is -2.66. The maximum atomic E-state index is 13.2. The molecule has 0 aliphatic rings. The van der Waals surface area contributed by atoms with Crippen molar-refractivity contribution in [2.75, 3.05) is 24.2 Å². The summed E-state index contributed by atoms with van der Waals surface area (Å²) < 4.78 is 32.2. The van der Waals surface area contributed by atoms with Gasteiger partial charge < -0.3 is 4.74 Å². The minimum atomic E-state index is -3.91. The van der Waals surface area contributed by atoms with Crippen LogP contribution in [0.15, 0.2) is 52.3 Å². The number of sulfonamides is 1. The maximum absolute atomic E-state index is 13.2. The van der Waals surface area contributed by atoms with E-state index in [-0.39, 0.29) is 11.4 Å². The molecule has 2 aromatic rings. The Balaban J connectivity index is 2.59. The lowest BCUT2D eigenvalue weighted by atomic mass is 10.1. The number of thioether (sulfide) groups is 1. The Morgan fingerprint density at radius 1 is 1.08 bits per heavy atom. The second-order valence-electron chi connectivity index (χ2n) is 5.50. The van der Waals surface area contributed by atoms with Crippen LogP contribution in [0.3, 0.4) is 0 Å². The van der Waals surface area contributed by atoms with E-state index in [1.165, 1.54) is 18.9 Å². The summed E-state index contributed by atoms with van der Waals surface area (Å²) in [6, 6.07) is 12.1. The van der Waals surface area contributed by atoms with Crippen LogP contribution in [0.2, 0.25) is 0 Å². The third kappa shape index (κ3) is 4.16. The predicted molar refractivity (Wildman–Crippen MR) is 101 cm³/mol. The van der Waals surface area contributed by atoms with Crippen molar-refractivity contribution < 1.29 is 17.9 Å². The molecule has 0 aliphatic heterocycles. The van der Waals surface area contributed by atoms with Crippen LogP contribution in [-0.4, -0.2) is 34.3 Å². The molecule has 0 saturated carbocycles. The molecule has 0 bridgehead atoms. The van der Waals surface area contributed by atoms with Gasteiger partial charge in [0.25, 0.3) is 10.0 Å². The van der Waals surface area contributed by atoms with Crippen LogP contribution in [0.25, 0.3) is 0 Å². The van der Waals surface area contributed by atoms with Crippen LogP contribution < -0.4 is 4.31 Å². The van der Waals surface area contributed by atoms with Gasteiger partial charge in [-0.25, -0.2) is 8.42 Å². The fourth-order valence-electron chi connectivity index (χ4n) is 2.54. The fraction of sp³-hybridized carbons (Fsp3) is 0.278. The number of para-hydroxylation sites is 1. The summed E-state index contributed by atoms with van der Waals surface area (Å²) in [6.07, 6.45) is 1.92. The summed E-state index contributed by atoms with van der Waals surface area (Å²) in [5.74, 6) is -0.619. The number of hydrogen-bond acceptors (Lipinski definition) is 5. The average Bonchev–Trinajstić information content (AvgIpc) is 2.60. The molecule has 7 heteroatoms. The van der Waals surface area contributed by atoms with Crippen molar-refractivity contribution in [3.05, 3.63) is 53.6 Å². The molecule has 0 amide bonds. The molecule has 0 aromatic heterocycles. The highest BCUT2D eigenvalue weighted by atomic mass is 32.2. The van der Waals surface area contributed by atoms with Crippen LogP contribution in [0, 0.1) is 13.8 Å². The number of hydrogen-bond donors (Lipinski definition) is 0. The second-order valence-corrected chi connectivity index (χ2v) is 8.25. The molecule has 25 heavy (non-hydrogen) atoms. The van der Waals surface area contributed by atoms with E-state index < -0.39 is 16.0 Å². The standard InChI is InChI=1S/C18H21NO4S2/c1-13-6-5-7-14(2)18(13)19(12-17(20)23-3)25(21,22)16-10-8-15(24-4)9-11-16/h5-11H,12H2,1-4H3. The normalized spacial score (nSPS) is 11.2. The highest BCUT2D eigenvalue weighted by molar-refractivity contribution is 7.98. The van der Waals surface area contributed by atoms with E-state index in [9.17, 15) is 13.2 Å². The van der Waals surface area contributed by atoms with Crippen molar-refractivity contribution in [1.82, 2.24) is 0 Å². The molecule has 0 unspecified atom stereocenters. The lowest BCUT2D eigenvalue weighted by molar-refractivity contribution is -0.138. The Kier molecular flexibility index (Phi) is 6.13. The van der Waals surface area contributed by atoms with Crippen LogP contribution in [-0.2, 0) is 19.6 Å². The van der Waals surface area contributed by atoms with Gasteiger partial charge in [0.1, 0.15) is 6.54 Å².